The van der Waals surface area contributed by atoms with Crippen LogP contribution in [0.5, 0.6) is 0 Å². The molecular weight excluding hydrogens is 340 g/mol. The first-order valence-corrected chi connectivity index (χ1v) is 9.53. The zero-order chi connectivity index (χ0) is 18.0. The summed E-state index contributed by atoms with van der Waals surface area (Å²) in [7, 11) is -3.82. The molecule has 1 atom stereocenters. The molecule has 0 spiro atoms. The number of aromatic nitrogens is 1. The maximum absolute atomic E-state index is 13.0. The first-order chi connectivity index (χ1) is 11.9. The van der Waals surface area contributed by atoms with E-state index in [4.69, 9.17) is 8.83 Å². The Bertz CT molecular complexity index is 942. The van der Waals surface area contributed by atoms with Gasteiger partial charge in [0, 0.05) is 6.04 Å². The second kappa shape index (κ2) is 6.76. The van der Waals surface area contributed by atoms with Crippen molar-refractivity contribution in [1.29, 1.82) is 0 Å². The summed E-state index contributed by atoms with van der Waals surface area (Å²) in [5.74, 6) is 0.625. The molecule has 2 heterocycles. The summed E-state index contributed by atoms with van der Waals surface area (Å²) in [6.07, 6.45) is 2.29. The number of rotatable bonds is 6. The molecule has 3 rings (SSSR count). The first-order valence-electron chi connectivity index (χ1n) is 8.04. The van der Waals surface area contributed by atoms with Crippen LogP contribution in [0.2, 0.25) is 0 Å². The molecule has 0 bridgehead atoms. The van der Waals surface area contributed by atoms with Crippen LogP contribution in [0, 0.1) is 6.92 Å². The van der Waals surface area contributed by atoms with Gasteiger partial charge in [-0.25, -0.2) is 8.42 Å². The standard InChI is InChI=1S/C18H20N2O4S/c1-4-13(3)19-17-18(20-16(24-17)15-6-5-11-23-15)25(21,22)14-9-7-12(2)8-10-14/h5-11,13,19H,4H2,1-3H3. The van der Waals surface area contributed by atoms with Crippen molar-refractivity contribution in [1.82, 2.24) is 4.98 Å². The zero-order valence-electron chi connectivity index (χ0n) is 14.3. The fourth-order valence-electron chi connectivity index (χ4n) is 2.24. The van der Waals surface area contributed by atoms with E-state index in [9.17, 15) is 8.42 Å². The van der Waals surface area contributed by atoms with Gasteiger partial charge in [0.1, 0.15) is 0 Å². The smallest absolute Gasteiger partial charge is 0.266 e. The normalized spacial score (nSPS) is 12.9. The predicted octanol–water partition coefficient (Wildman–Crippen LogP) is 4.29. The van der Waals surface area contributed by atoms with Crippen molar-refractivity contribution < 1.29 is 17.3 Å². The van der Waals surface area contributed by atoms with Gasteiger partial charge in [-0.2, -0.15) is 4.98 Å². The van der Waals surface area contributed by atoms with Crippen molar-refractivity contribution in [3.05, 3.63) is 48.2 Å². The van der Waals surface area contributed by atoms with Crippen LogP contribution in [0.15, 0.2) is 61.4 Å². The fourth-order valence-corrected chi connectivity index (χ4v) is 3.51. The Morgan fingerprint density at radius 2 is 1.92 bits per heavy atom. The lowest BCUT2D eigenvalue weighted by Crippen LogP contribution is -2.15. The molecule has 25 heavy (non-hydrogen) atoms. The molecule has 0 fully saturated rings. The highest BCUT2D eigenvalue weighted by Crippen LogP contribution is 2.33. The Balaban J connectivity index is 2.10. The van der Waals surface area contributed by atoms with Gasteiger partial charge in [-0.1, -0.05) is 24.6 Å². The molecule has 7 heteroatoms. The highest BCUT2D eigenvalue weighted by atomic mass is 32.2. The number of furan rings is 1. The lowest BCUT2D eigenvalue weighted by molar-refractivity contribution is 0.518. The molecule has 0 saturated carbocycles. The molecular formula is C18H20N2O4S. The Morgan fingerprint density at radius 1 is 1.20 bits per heavy atom. The molecule has 0 saturated heterocycles. The SMILES string of the molecule is CCC(C)Nc1oc(-c2ccco2)nc1S(=O)(=O)c1ccc(C)cc1. The number of nitrogens with one attached hydrogen (secondary N) is 1. The van der Waals surface area contributed by atoms with E-state index >= 15 is 0 Å². The maximum Gasteiger partial charge on any atom is 0.266 e. The summed E-state index contributed by atoms with van der Waals surface area (Å²) in [4.78, 5) is 4.37. The van der Waals surface area contributed by atoms with Gasteiger partial charge in [-0.15, -0.1) is 0 Å². The Kier molecular flexibility index (Phi) is 4.67. The van der Waals surface area contributed by atoms with Crippen molar-refractivity contribution >= 4 is 15.7 Å². The van der Waals surface area contributed by atoms with Gasteiger partial charge in [0.2, 0.25) is 20.7 Å². The van der Waals surface area contributed by atoms with Crippen molar-refractivity contribution in [2.75, 3.05) is 5.32 Å². The van der Waals surface area contributed by atoms with Crippen LogP contribution >= 0.6 is 0 Å². The average molecular weight is 360 g/mol. The molecule has 0 amide bonds. The van der Waals surface area contributed by atoms with E-state index in [1.165, 1.54) is 6.26 Å². The van der Waals surface area contributed by atoms with E-state index in [-0.39, 0.29) is 27.7 Å². The number of hydrogen-bond donors (Lipinski definition) is 1. The Morgan fingerprint density at radius 3 is 2.52 bits per heavy atom. The van der Waals surface area contributed by atoms with Gasteiger partial charge >= 0.3 is 0 Å². The van der Waals surface area contributed by atoms with E-state index in [0.717, 1.165) is 12.0 Å². The fraction of sp³-hybridized carbons (Fsp3) is 0.278. The van der Waals surface area contributed by atoms with E-state index in [1.54, 1.807) is 36.4 Å². The zero-order valence-corrected chi connectivity index (χ0v) is 15.1. The van der Waals surface area contributed by atoms with E-state index in [0.29, 0.717) is 5.76 Å². The van der Waals surface area contributed by atoms with Crippen LogP contribution < -0.4 is 5.32 Å². The third-order valence-corrected chi connectivity index (χ3v) is 5.58. The lowest BCUT2D eigenvalue weighted by atomic mass is 10.2. The molecule has 3 aromatic rings. The average Bonchev–Trinajstić information content (AvgIpc) is 3.24. The monoisotopic (exact) mass is 360 g/mol. The number of oxazole rings is 1. The number of benzene rings is 1. The summed E-state index contributed by atoms with van der Waals surface area (Å²) in [6, 6.07) is 10.0. The number of sulfone groups is 1. The largest absolute Gasteiger partial charge is 0.459 e. The van der Waals surface area contributed by atoms with Crippen molar-refractivity contribution in [2.24, 2.45) is 0 Å². The van der Waals surface area contributed by atoms with Crippen molar-refractivity contribution in [2.45, 2.75) is 43.2 Å². The molecule has 2 aromatic heterocycles. The number of nitrogens with zero attached hydrogens (tertiary/aromatic N) is 1. The van der Waals surface area contributed by atoms with Gasteiger partial charge in [0.15, 0.2) is 5.76 Å². The van der Waals surface area contributed by atoms with Gasteiger partial charge in [-0.3, -0.25) is 0 Å². The predicted molar refractivity (Wildman–Crippen MR) is 94.2 cm³/mol. The summed E-state index contributed by atoms with van der Waals surface area (Å²) in [6.45, 7) is 5.84. The molecule has 0 radical (unpaired) electrons. The van der Waals surface area contributed by atoms with Crippen LogP contribution in [0.4, 0.5) is 5.88 Å². The summed E-state index contributed by atoms with van der Waals surface area (Å²) >= 11 is 0. The third kappa shape index (κ3) is 3.46. The second-order valence-corrected chi connectivity index (χ2v) is 7.77. The van der Waals surface area contributed by atoms with E-state index < -0.39 is 9.84 Å². The molecule has 1 unspecified atom stereocenters. The van der Waals surface area contributed by atoms with Crippen LogP contribution in [0.3, 0.4) is 0 Å². The minimum Gasteiger partial charge on any atom is -0.459 e. The van der Waals surface area contributed by atoms with E-state index in [2.05, 4.69) is 10.3 Å². The Hall–Kier alpha value is -2.54. The summed E-state index contributed by atoms with van der Waals surface area (Å²) in [5.41, 5.74) is 0.980. The number of anilines is 1. The first kappa shape index (κ1) is 17.3. The summed E-state index contributed by atoms with van der Waals surface area (Å²) < 4.78 is 37.0. The molecule has 0 aliphatic heterocycles. The molecule has 1 aromatic carbocycles. The lowest BCUT2D eigenvalue weighted by Gasteiger charge is -2.11. The van der Waals surface area contributed by atoms with Crippen LogP contribution in [-0.2, 0) is 9.84 Å². The number of aryl methyl sites for hydroxylation is 1. The highest BCUT2D eigenvalue weighted by molar-refractivity contribution is 7.91. The van der Waals surface area contributed by atoms with Crippen LogP contribution in [-0.4, -0.2) is 19.4 Å². The van der Waals surface area contributed by atoms with Gasteiger partial charge in [0.25, 0.3) is 5.89 Å². The maximum atomic E-state index is 13.0. The molecule has 0 aliphatic rings. The molecule has 6 nitrogen and oxygen atoms in total. The van der Waals surface area contributed by atoms with Crippen LogP contribution in [0.1, 0.15) is 25.8 Å². The molecule has 1 N–H and O–H groups in total. The number of hydrogen-bond acceptors (Lipinski definition) is 6. The van der Waals surface area contributed by atoms with Gasteiger partial charge < -0.3 is 14.2 Å². The van der Waals surface area contributed by atoms with Gasteiger partial charge in [0.05, 0.1) is 11.2 Å². The molecule has 132 valence electrons. The van der Waals surface area contributed by atoms with E-state index in [1.807, 2.05) is 20.8 Å². The van der Waals surface area contributed by atoms with Crippen molar-refractivity contribution in [3.63, 3.8) is 0 Å². The topological polar surface area (TPSA) is 85.3 Å². The third-order valence-electron chi connectivity index (χ3n) is 3.90. The molecule has 0 aliphatic carbocycles. The minimum atomic E-state index is -3.82. The quantitative estimate of drug-likeness (QED) is 0.706. The Labute approximate surface area is 146 Å². The minimum absolute atomic E-state index is 0.0318. The summed E-state index contributed by atoms with van der Waals surface area (Å²) in [5, 5.41) is 2.94. The van der Waals surface area contributed by atoms with Gasteiger partial charge in [-0.05, 0) is 44.5 Å². The van der Waals surface area contributed by atoms with Crippen molar-refractivity contribution in [3.8, 4) is 11.7 Å². The second-order valence-electron chi connectivity index (χ2n) is 5.90. The highest BCUT2D eigenvalue weighted by Gasteiger charge is 2.29. The van der Waals surface area contributed by atoms with Crippen LogP contribution in [0.25, 0.3) is 11.7 Å².